The number of benzene rings is 1. The van der Waals surface area contributed by atoms with Gasteiger partial charge in [-0.2, -0.15) is 0 Å². The summed E-state index contributed by atoms with van der Waals surface area (Å²) < 4.78 is 2.71. The van der Waals surface area contributed by atoms with E-state index < -0.39 is 0 Å². The molecule has 15 heavy (non-hydrogen) atoms. The van der Waals surface area contributed by atoms with E-state index >= 15 is 0 Å². The zero-order valence-electron chi connectivity index (χ0n) is 7.68. The maximum atomic E-state index is 9.69. The second-order valence-electron chi connectivity index (χ2n) is 3.35. The quantitative estimate of drug-likeness (QED) is 0.677. The molecule has 0 bridgehead atoms. The van der Waals surface area contributed by atoms with E-state index in [1.165, 1.54) is 0 Å². The van der Waals surface area contributed by atoms with Gasteiger partial charge in [-0.25, -0.2) is 4.98 Å². The zero-order chi connectivity index (χ0) is 10.4. The van der Waals surface area contributed by atoms with Crippen molar-refractivity contribution in [2.75, 3.05) is 0 Å². The van der Waals surface area contributed by atoms with Gasteiger partial charge in [0.05, 0.1) is 0 Å². The molecule has 2 heterocycles. The lowest BCUT2D eigenvalue weighted by atomic mass is 10.1. The molecule has 0 spiro atoms. The van der Waals surface area contributed by atoms with Crippen LogP contribution in [-0.4, -0.2) is 14.5 Å². The van der Waals surface area contributed by atoms with E-state index in [-0.39, 0.29) is 5.75 Å². The molecule has 0 unspecified atom stereocenters. The van der Waals surface area contributed by atoms with Gasteiger partial charge in [0.15, 0.2) is 0 Å². The van der Waals surface area contributed by atoms with Crippen molar-refractivity contribution in [2.45, 2.75) is 0 Å². The van der Waals surface area contributed by atoms with Crippen LogP contribution in [0.25, 0.3) is 16.4 Å². The molecular weight excluding hydrogens is 256 g/mol. The van der Waals surface area contributed by atoms with E-state index in [1.807, 2.05) is 35.0 Å². The van der Waals surface area contributed by atoms with Gasteiger partial charge in [0.25, 0.3) is 0 Å². The van der Waals surface area contributed by atoms with E-state index in [0.717, 1.165) is 21.0 Å². The standard InChI is InChI=1S/C11H7BrN2O/c12-10-6-14-5-4-7-8(11(14)13-10)2-1-3-9(7)15/h1-6,15H. The molecule has 74 valence electrons. The smallest absolute Gasteiger partial charge is 0.146 e. The Morgan fingerprint density at radius 1 is 1.20 bits per heavy atom. The van der Waals surface area contributed by atoms with E-state index in [0.29, 0.717) is 0 Å². The first-order valence-electron chi connectivity index (χ1n) is 4.50. The molecule has 2 aromatic heterocycles. The van der Waals surface area contributed by atoms with Crippen molar-refractivity contribution < 1.29 is 5.11 Å². The van der Waals surface area contributed by atoms with Crippen LogP contribution < -0.4 is 0 Å². The third kappa shape index (κ3) is 1.22. The number of phenols is 1. The second kappa shape index (κ2) is 2.97. The van der Waals surface area contributed by atoms with Gasteiger partial charge in [-0.3, -0.25) is 0 Å². The summed E-state index contributed by atoms with van der Waals surface area (Å²) in [6.45, 7) is 0. The minimum Gasteiger partial charge on any atom is -0.507 e. The normalized spacial score (nSPS) is 11.3. The molecule has 0 fully saturated rings. The van der Waals surface area contributed by atoms with E-state index in [1.54, 1.807) is 6.07 Å². The highest BCUT2D eigenvalue weighted by Crippen LogP contribution is 2.27. The fourth-order valence-corrected chi connectivity index (χ4v) is 2.14. The van der Waals surface area contributed by atoms with Crippen LogP contribution in [0.5, 0.6) is 5.75 Å². The van der Waals surface area contributed by atoms with Crippen molar-refractivity contribution in [3.63, 3.8) is 0 Å². The highest BCUT2D eigenvalue weighted by Gasteiger charge is 2.05. The van der Waals surface area contributed by atoms with Crippen molar-refractivity contribution in [1.82, 2.24) is 9.38 Å². The van der Waals surface area contributed by atoms with Crippen molar-refractivity contribution in [1.29, 1.82) is 0 Å². The van der Waals surface area contributed by atoms with Crippen molar-refractivity contribution in [2.24, 2.45) is 0 Å². The molecule has 0 saturated heterocycles. The number of fused-ring (bicyclic) bond motifs is 3. The Balaban J connectivity index is 2.59. The van der Waals surface area contributed by atoms with Crippen LogP contribution in [-0.2, 0) is 0 Å². The number of halogens is 1. The summed E-state index contributed by atoms with van der Waals surface area (Å²) >= 11 is 3.33. The number of aromatic nitrogens is 2. The molecule has 0 atom stereocenters. The van der Waals surface area contributed by atoms with Crippen LogP contribution in [0, 0.1) is 0 Å². The Morgan fingerprint density at radius 3 is 2.93 bits per heavy atom. The Hall–Kier alpha value is -1.55. The van der Waals surface area contributed by atoms with Crippen LogP contribution in [0.15, 0.2) is 41.3 Å². The lowest BCUT2D eigenvalue weighted by molar-refractivity contribution is 0.481. The lowest BCUT2D eigenvalue weighted by Gasteiger charge is -2.01. The lowest BCUT2D eigenvalue weighted by Crippen LogP contribution is -1.84. The van der Waals surface area contributed by atoms with Crippen LogP contribution >= 0.6 is 15.9 Å². The van der Waals surface area contributed by atoms with Gasteiger partial charge in [0.1, 0.15) is 16.0 Å². The van der Waals surface area contributed by atoms with Gasteiger partial charge in [0.2, 0.25) is 0 Å². The molecule has 1 N–H and O–H groups in total. The van der Waals surface area contributed by atoms with Gasteiger partial charge in [-0.15, -0.1) is 0 Å². The van der Waals surface area contributed by atoms with Crippen LogP contribution in [0.2, 0.25) is 0 Å². The maximum absolute atomic E-state index is 9.69. The molecule has 0 aliphatic carbocycles. The highest BCUT2D eigenvalue weighted by molar-refractivity contribution is 9.10. The van der Waals surface area contributed by atoms with Crippen molar-refractivity contribution in [3.05, 3.63) is 41.3 Å². The Labute approximate surface area is 94.1 Å². The predicted octanol–water partition coefficient (Wildman–Crippen LogP) is 2.96. The number of aromatic hydroxyl groups is 1. The number of phenolic OH excluding ortho intramolecular Hbond substituents is 1. The van der Waals surface area contributed by atoms with Crippen LogP contribution in [0.3, 0.4) is 0 Å². The topological polar surface area (TPSA) is 37.5 Å². The monoisotopic (exact) mass is 262 g/mol. The predicted molar refractivity (Wildman–Crippen MR) is 62.1 cm³/mol. The van der Waals surface area contributed by atoms with Crippen molar-refractivity contribution >= 4 is 32.3 Å². The Bertz CT molecular complexity index is 660. The highest BCUT2D eigenvalue weighted by atomic mass is 79.9. The van der Waals surface area contributed by atoms with Gasteiger partial charge in [-0.05, 0) is 28.1 Å². The summed E-state index contributed by atoms with van der Waals surface area (Å²) in [5.41, 5.74) is 0.843. The van der Waals surface area contributed by atoms with Gasteiger partial charge in [-0.1, -0.05) is 12.1 Å². The number of pyridine rings is 1. The van der Waals surface area contributed by atoms with Crippen LogP contribution in [0.4, 0.5) is 0 Å². The minimum atomic E-state index is 0.286. The third-order valence-corrected chi connectivity index (χ3v) is 2.81. The summed E-state index contributed by atoms with van der Waals surface area (Å²) in [5, 5.41) is 11.5. The van der Waals surface area contributed by atoms with Gasteiger partial charge in [0, 0.05) is 23.2 Å². The number of hydrogen-bond acceptors (Lipinski definition) is 2. The molecule has 4 heteroatoms. The van der Waals surface area contributed by atoms with E-state index in [9.17, 15) is 5.11 Å². The molecular formula is C11H7BrN2O. The fraction of sp³-hybridized carbons (Fsp3) is 0. The fourth-order valence-electron chi connectivity index (χ4n) is 1.75. The molecule has 3 aromatic rings. The first kappa shape index (κ1) is 8.73. The first-order chi connectivity index (χ1) is 7.25. The first-order valence-corrected chi connectivity index (χ1v) is 5.30. The largest absolute Gasteiger partial charge is 0.507 e. The summed E-state index contributed by atoms with van der Waals surface area (Å²) in [6, 6.07) is 7.33. The number of rotatable bonds is 0. The zero-order valence-corrected chi connectivity index (χ0v) is 9.27. The van der Waals surface area contributed by atoms with E-state index in [4.69, 9.17) is 0 Å². The summed E-state index contributed by atoms with van der Waals surface area (Å²) in [5.74, 6) is 0.286. The average Bonchev–Trinajstić information content (AvgIpc) is 2.59. The average molecular weight is 263 g/mol. The minimum absolute atomic E-state index is 0.286. The van der Waals surface area contributed by atoms with Crippen LogP contribution in [0.1, 0.15) is 0 Å². The maximum Gasteiger partial charge on any atom is 0.146 e. The summed E-state index contributed by atoms with van der Waals surface area (Å²) in [4.78, 5) is 4.35. The molecule has 3 rings (SSSR count). The van der Waals surface area contributed by atoms with E-state index in [2.05, 4.69) is 20.9 Å². The molecule has 0 aliphatic heterocycles. The number of nitrogens with zero attached hydrogens (tertiary/aromatic N) is 2. The molecule has 0 radical (unpaired) electrons. The molecule has 3 nitrogen and oxygen atoms in total. The Kier molecular flexibility index (Phi) is 1.73. The van der Waals surface area contributed by atoms with Gasteiger partial charge >= 0.3 is 0 Å². The summed E-state index contributed by atoms with van der Waals surface area (Å²) in [7, 11) is 0. The molecule has 0 amide bonds. The number of hydrogen-bond donors (Lipinski definition) is 1. The molecule has 0 aliphatic rings. The number of imidazole rings is 1. The van der Waals surface area contributed by atoms with Crippen molar-refractivity contribution in [3.8, 4) is 5.75 Å². The third-order valence-electron chi connectivity index (χ3n) is 2.43. The second-order valence-corrected chi connectivity index (χ2v) is 4.16. The SMILES string of the molecule is Oc1cccc2c1ccn1cc(Br)nc21. The summed E-state index contributed by atoms with van der Waals surface area (Å²) in [6.07, 6.45) is 3.77. The Morgan fingerprint density at radius 2 is 2.07 bits per heavy atom. The molecule has 0 saturated carbocycles. The molecule has 1 aromatic carbocycles. The van der Waals surface area contributed by atoms with Gasteiger partial charge < -0.3 is 9.51 Å².